The predicted octanol–water partition coefficient (Wildman–Crippen LogP) is 1.66. The third kappa shape index (κ3) is 3.41. The van der Waals surface area contributed by atoms with Gasteiger partial charge in [0.05, 0.1) is 5.56 Å². The van der Waals surface area contributed by atoms with Crippen LogP contribution in [0.1, 0.15) is 29.8 Å². The van der Waals surface area contributed by atoms with E-state index in [-0.39, 0.29) is 17.1 Å². The van der Waals surface area contributed by atoms with Gasteiger partial charge >= 0.3 is 11.9 Å². The Balaban J connectivity index is 3.22. The minimum Gasteiger partial charge on any atom is -0.427 e. The van der Waals surface area contributed by atoms with Gasteiger partial charge in [-0.15, -0.1) is 0 Å². The van der Waals surface area contributed by atoms with Crippen LogP contribution in [0.3, 0.4) is 0 Å². The summed E-state index contributed by atoms with van der Waals surface area (Å²) in [5, 5.41) is 0. The van der Waals surface area contributed by atoms with Gasteiger partial charge in [-0.25, -0.2) is 0 Å². The maximum Gasteiger partial charge on any atom is 0.308 e. The molecule has 0 atom stereocenters. The lowest BCUT2D eigenvalue weighted by Crippen LogP contribution is -2.07. The van der Waals surface area contributed by atoms with E-state index >= 15 is 0 Å². The normalized spacial score (nSPS) is 9.59. The summed E-state index contributed by atoms with van der Waals surface area (Å²) in [6, 6.07) is 2.86. The maximum atomic E-state index is 10.9. The standard InChI is InChI=1S/C12H12O5/c1-7-4-10(16-8(2)14)5-12(11(7)6-13)17-9(3)15/h4-6H,1-3H3. The molecule has 0 aliphatic carbocycles. The zero-order chi connectivity index (χ0) is 13.0. The third-order valence-corrected chi connectivity index (χ3v) is 1.96. The molecule has 0 aromatic heterocycles. The molecule has 0 N–H and O–H groups in total. The first-order valence-electron chi connectivity index (χ1n) is 4.90. The second kappa shape index (κ2) is 5.25. The monoisotopic (exact) mass is 236 g/mol. The Hall–Kier alpha value is -2.17. The summed E-state index contributed by atoms with van der Waals surface area (Å²) in [5.41, 5.74) is 0.825. The van der Waals surface area contributed by atoms with Gasteiger partial charge in [0.2, 0.25) is 0 Å². The molecule has 0 heterocycles. The fraction of sp³-hybridized carbons (Fsp3) is 0.250. The Morgan fingerprint density at radius 2 is 1.71 bits per heavy atom. The van der Waals surface area contributed by atoms with E-state index in [1.54, 1.807) is 6.92 Å². The molecule has 0 amide bonds. The molecule has 0 bridgehead atoms. The van der Waals surface area contributed by atoms with Crippen LogP contribution in [0.25, 0.3) is 0 Å². The fourth-order valence-electron chi connectivity index (χ4n) is 1.35. The summed E-state index contributed by atoms with van der Waals surface area (Å²) in [4.78, 5) is 32.6. The summed E-state index contributed by atoms with van der Waals surface area (Å²) >= 11 is 0. The predicted molar refractivity (Wildman–Crippen MR) is 59.2 cm³/mol. The Labute approximate surface area is 98.3 Å². The molecular formula is C12H12O5. The molecule has 0 aliphatic heterocycles. The second-order valence-corrected chi connectivity index (χ2v) is 3.46. The first-order valence-corrected chi connectivity index (χ1v) is 4.90. The van der Waals surface area contributed by atoms with Crippen LogP contribution >= 0.6 is 0 Å². The average molecular weight is 236 g/mol. The van der Waals surface area contributed by atoms with Gasteiger partial charge in [-0.3, -0.25) is 14.4 Å². The van der Waals surface area contributed by atoms with Crippen molar-refractivity contribution in [2.45, 2.75) is 20.8 Å². The average Bonchev–Trinajstić information content (AvgIpc) is 2.14. The number of carbonyl (C=O) groups is 3. The number of carbonyl (C=O) groups excluding carboxylic acids is 3. The van der Waals surface area contributed by atoms with Crippen molar-refractivity contribution in [3.63, 3.8) is 0 Å². The first kappa shape index (κ1) is 12.9. The highest BCUT2D eigenvalue weighted by Gasteiger charge is 2.12. The van der Waals surface area contributed by atoms with Crippen molar-refractivity contribution in [2.75, 3.05) is 0 Å². The number of aldehydes is 1. The van der Waals surface area contributed by atoms with Gasteiger partial charge in [0.1, 0.15) is 11.5 Å². The molecule has 0 radical (unpaired) electrons. The van der Waals surface area contributed by atoms with Crippen LogP contribution in [0.5, 0.6) is 11.5 Å². The van der Waals surface area contributed by atoms with Gasteiger partial charge in [0, 0.05) is 19.9 Å². The van der Waals surface area contributed by atoms with E-state index in [4.69, 9.17) is 9.47 Å². The summed E-state index contributed by atoms with van der Waals surface area (Å²) < 4.78 is 9.75. The van der Waals surface area contributed by atoms with Crippen molar-refractivity contribution in [1.29, 1.82) is 0 Å². The molecule has 1 aromatic rings. The molecule has 0 fully saturated rings. The number of hydrogen-bond acceptors (Lipinski definition) is 5. The van der Waals surface area contributed by atoms with E-state index in [2.05, 4.69) is 0 Å². The number of aryl methyl sites for hydroxylation is 1. The number of rotatable bonds is 3. The highest BCUT2D eigenvalue weighted by molar-refractivity contribution is 5.84. The van der Waals surface area contributed by atoms with Gasteiger partial charge in [-0.05, 0) is 18.6 Å². The van der Waals surface area contributed by atoms with Gasteiger partial charge in [0.25, 0.3) is 0 Å². The molecule has 1 rings (SSSR count). The van der Waals surface area contributed by atoms with Crippen molar-refractivity contribution >= 4 is 18.2 Å². The van der Waals surface area contributed by atoms with Crippen molar-refractivity contribution in [3.8, 4) is 11.5 Å². The molecular weight excluding hydrogens is 224 g/mol. The molecule has 0 spiro atoms. The molecule has 90 valence electrons. The molecule has 0 saturated heterocycles. The minimum absolute atomic E-state index is 0.0868. The van der Waals surface area contributed by atoms with E-state index in [1.807, 2.05) is 0 Å². The lowest BCUT2D eigenvalue weighted by atomic mass is 10.1. The maximum absolute atomic E-state index is 10.9. The summed E-state index contributed by atoms with van der Waals surface area (Å²) in [6.07, 6.45) is 0.588. The molecule has 0 aliphatic rings. The van der Waals surface area contributed by atoms with E-state index in [0.29, 0.717) is 11.8 Å². The molecule has 1 aromatic carbocycles. The highest BCUT2D eigenvalue weighted by atomic mass is 16.5. The van der Waals surface area contributed by atoms with Crippen LogP contribution in [0.4, 0.5) is 0 Å². The zero-order valence-corrected chi connectivity index (χ0v) is 9.77. The largest absolute Gasteiger partial charge is 0.427 e. The number of esters is 2. The van der Waals surface area contributed by atoms with Gasteiger partial charge in [0.15, 0.2) is 6.29 Å². The lowest BCUT2D eigenvalue weighted by molar-refractivity contribution is -0.132. The Morgan fingerprint density at radius 3 is 2.18 bits per heavy atom. The molecule has 0 unspecified atom stereocenters. The molecule has 5 nitrogen and oxygen atoms in total. The Morgan fingerprint density at radius 1 is 1.12 bits per heavy atom. The van der Waals surface area contributed by atoms with E-state index < -0.39 is 11.9 Å². The minimum atomic E-state index is -0.549. The molecule has 5 heteroatoms. The lowest BCUT2D eigenvalue weighted by Gasteiger charge is -2.10. The topological polar surface area (TPSA) is 69.7 Å². The summed E-state index contributed by atoms with van der Waals surface area (Å²) in [6.45, 7) is 4.14. The van der Waals surface area contributed by atoms with Gasteiger partial charge in [-0.1, -0.05) is 0 Å². The SMILES string of the molecule is CC(=O)Oc1cc(C)c(C=O)c(OC(C)=O)c1. The van der Waals surface area contributed by atoms with E-state index in [9.17, 15) is 14.4 Å². The van der Waals surface area contributed by atoms with Crippen LogP contribution in [-0.4, -0.2) is 18.2 Å². The van der Waals surface area contributed by atoms with Crippen LogP contribution < -0.4 is 9.47 Å². The third-order valence-electron chi connectivity index (χ3n) is 1.96. The quantitative estimate of drug-likeness (QED) is 0.453. The van der Waals surface area contributed by atoms with Crippen molar-refractivity contribution in [2.24, 2.45) is 0 Å². The van der Waals surface area contributed by atoms with Crippen LogP contribution in [-0.2, 0) is 9.59 Å². The summed E-state index contributed by atoms with van der Waals surface area (Å²) in [5.74, 6) is -0.717. The van der Waals surface area contributed by atoms with E-state index in [1.165, 1.54) is 26.0 Å². The van der Waals surface area contributed by atoms with Gasteiger partial charge < -0.3 is 9.47 Å². The van der Waals surface area contributed by atoms with Gasteiger partial charge in [-0.2, -0.15) is 0 Å². The van der Waals surface area contributed by atoms with Crippen LogP contribution in [0.15, 0.2) is 12.1 Å². The number of hydrogen-bond donors (Lipinski definition) is 0. The second-order valence-electron chi connectivity index (χ2n) is 3.46. The fourth-order valence-corrected chi connectivity index (χ4v) is 1.35. The Bertz CT molecular complexity index is 476. The van der Waals surface area contributed by atoms with Crippen molar-refractivity contribution in [1.82, 2.24) is 0 Å². The Kier molecular flexibility index (Phi) is 3.98. The van der Waals surface area contributed by atoms with Crippen LogP contribution in [0, 0.1) is 6.92 Å². The van der Waals surface area contributed by atoms with E-state index in [0.717, 1.165) is 0 Å². The number of benzene rings is 1. The van der Waals surface area contributed by atoms with Crippen LogP contribution in [0.2, 0.25) is 0 Å². The smallest absolute Gasteiger partial charge is 0.308 e. The zero-order valence-electron chi connectivity index (χ0n) is 9.77. The highest BCUT2D eigenvalue weighted by Crippen LogP contribution is 2.27. The van der Waals surface area contributed by atoms with Crippen molar-refractivity contribution in [3.05, 3.63) is 23.3 Å². The molecule has 17 heavy (non-hydrogen) atoms. The van der Waals surface area contributed by atoms with Crippen molar-refractivity contribution < 1.29 is 23.9 Å². The molecule has 0 saturated carbocycles. The first-order chi connectivity index (χ1) is 7.93. The summed E-state index contributed by atoms with van der Waals surface area (Å²) in [7, 11) is 0. The number of ether oxygens (including phenoxy) is 2.